The highest BCUT2D eigenvalue weighted by atomic mass is 79.9. The first-order chi connectivity index (χ1) is 8.60. The van der Waals surface area contributed by atoms with Gasteiger partial charge in [-0.25, -0.2) is 0 Å². The number of hydrogen-bond donors (Lipinski definition) is 1. The van der Waals surface area contributed by atoms with E-state index in [2.05, 4.69) is 58.0 Å². The van der Waals surface area contributed by atoms with E-state index >= 15 is 0 Å². The number of hydrogen-bond acceptors (Lipinski definition) is 3. The van der Waals surface area contributed by atoms with Crippen molar-refractivity contribution >= 4 is 21.6 Å². The summed E-state index contributed by atoms with van der Waals surface area (Å²) in [4.78, 5) is 4.79. The average molecular weight is 312 g/mol. The minimum Gasteiger partial charge on any atom is -0.367 e. The molecule has 2 N–H and O–H groups in total. The van der Waals surface area contributed by atoms with Gasteiger partial charge in [0.15, 0.2) is 0 Å². The van der Waals surface area contributed by atoms with Crippen molar-refractivity contribution < 1.29 is 0 Å². The normalized spacial score (nSPS) is 19.8. The molecule has 1 aliphatic heterocycles. The first-order valence-electron chi connectivity index (χ1n) is 6.51. The summed E-state index contributed by atoms with van der Waals surface area (Å²) in [5, 5.41) is 0. The number of anilines is 1. The van der Waals surface area contributed by atoms with Gasteiger partial charge in [-0.2, -0.15) is 0 Å². The van der Waals surface area contributed by atoms with Crippen LogP contribution < -0.4 is 10.6 Å². The van der Waals surface area contributed by atoms with Crippen LogP contribution in [0.25, 0.3) is 0 Å². The molecule has 1 aromatic carbocycles. The minimum atomic E-state index is 0.596. The van der Waals surface area contributed by atoms with Gasteiger partial charge < -0.3 is 15.5 Å². The topological polar surface area (TPSA) is 32.5 Å². The van der Waals surface area contributed by atoms with Crippen molar-refractivity contribution in [1.29, 1.82) is 0 Å². The molecule has 1 saturated heterocycles. The molecule has 18 heavy (non-hydrogen) atoms. The molecular weight excluding hydrogens is 290 g/mol. The third kappa shape index (κ3) is 3.25. The van der Waals surface area contributed by atoms with Gasteiger partial charge in [-0.1, -0.05) is 15.9 Å². The van der Waals surface area contributed by atoms with Crippen LogP contribution in [0.5, 0.6) is 0 Å². The third-order valence-corrected chi connectivity index (χ3v) is 3.92. The average Bonchev–Trinajstić information content (AvgIpc) is 2.75. The molecule has 4 heteroatoms. The molecule has 1 heterocycles. The van der Waals surface area contributed by atoms with Crippen molar-refractivity contribution in [1.82, 2.24) is 4.90 Å². The molecule has 0 saturated carbocycles. The van der Waals surface area contributed by atoms with E-state index in [-0.39, 0.29) is 0 Å². The van der Waals surface area contributed by atoms with E-state index in [0.29, 0.717) is 12.6 Å². The fourth-order valence-corrected chi connectivity index (χ4v) is 3.23. The van der Waals surface area contributed by atoms with Crippen LogP contribution in [-0.2, 0) is 6.54 Å². The van der Waals surface area contributed by atoms with Gasteiger partial charge in [0.25, 0.3) is 0 Å². The lowest BCUT2D eigenvalue weighted by Gasteiger charge is -2.29. The lowest BCUT2D eigenvalue weighted by molar-refractivity contribution is 0.372. The molecule has 100 valence electrons. The Hall–Kier alpha value is -0.580. The minimum absolute atomic E-state index is 0.596. The molecule has 2 rings (SSSR count). The number of nitrogens with two attached hydrogens (primary N) is 1. The molecule has 0 aromatic heterocycles. The zero-order valence-corrected chi connectivity index (χ0v) is 12.8. The van der Waals surface area contributed by atoms with E-state index in [0.717, 1.165) is 17.6 Å². The van der Waals surface area contributed by atoms with E-state index in [1.807, 2.05) is 0 Å². The standard InChI is InChI=1S/C14H22BrN3/c1-17(2)10-13-4-3-5-18(13)14-7-11(9-16)6-12(15)8-14/h6-8,13H,3-5,9-10,16H2,1-2H3. The largest absolute Gasteiger partial charge is 0.367 e. The molecule has 1 aromatic rings. The molecule has 3 nitrogen and oxygen atoms in total. The summed E-state index contributed by atoms with van der Waals surface area (Å²) in [6, 6.07) is 7.15. The second kappa shape index (κ2) is 6.04. The van der Waals surface area contributed by atoms with Gasteiger partial charge in [0.05, 0.1) is 0 Å². The highest BCUT2D eigenvalue weighted by molar-refractivity contribution is 9.10. The predicted octanol–water partition coefficient (Wildman–Crippen LogP) is 2.44. The lowest BCUT2D eigenvalue weighted by Crippen LogP contribution is -2.37. The Labute approximate surface area is 118 Å². The fraction of sp³-hybridized carbons (Fsp3) is 0.571. The van der Waals surface area contributed by atoms with Gasteiger partial charge in [-0.05, 0) is 50.7 Å². The summed E-state index contributed by atoms with van der Waals surface area (Å²) in [5.41, 5.74) is 8.24. The summed E-state index contributed by atoms with van der Waals surface area (Å²) in [7, 11) is 4.28. The molecule has 1 aliphatic rings. The SMILES string of the molecule is CN(C)CC1CCCN1c1cc(Br)cc(CN)c1. The predicted molar refractivity (Wildman–Crippen MR) is 81.0 cm³/mol. The number of halogens is 1. The van der Waals surface area contributed by atoms with Crippen molar-refractivity contribution in [3.05, 3.63) is 28.2 Å². The van der Waals surface area contributed by atoms with Crippen molar-refractivity contribution in [2.24, 2.45) is 5.73 Å². The maximum atomic E-state index is 5.75. The first kappa shape index (κ1) is 13.8. The molecule has 0 aliphatic carbocycles. The summed E-state index contributed by atoms with van der Waals surface area (Å²) < 4.78 is 1.12. The van der Waals surface area contributed by atoms with Crippen molar-refractivity contribution in [3.8, 4) is 0 Å². The van der Waals surface area contributed by atoms with Gasteiger partial charge in [0, 0.05) is 35.8 Å². The fourth-order valence-electron chi connectivity index (χ4n) is 2.70. The van der Waals surface area contributed by atoms with Crippen LogP contribution in [0.4, 0.5) is 5.69 Å². The Kier molecular flexibility index (Phi) is 4.65. The molecule has 0 amide bonds. The highest BCUT2D eigenvalue weighted by Crippen LogP contribution is 2.29. The quantitative estimate of drug-likeness (QED) is 0.927. The number of rotatable bonds is 4. The van der Waals surface area contributed by atoms with Gasteiger partial charge in [-0.15, -0.1) is 0 Å². The highest BCUT2D eigenvalue weighted by Gasteiger charge is 2.25. The summed E-state index contributed by atoms with van der Waals surface area (Å²) in [6.07, 6.45) is 2.56. The molecule has 1 unspecified atom stereocenters. The zero-order chi connectivity index (χ0) is 13.1. The van der Waals surface area contributed by atoms with Crippen LogP contribution in [-0.4, -0.2) is 38.1 Å². The van der Waals surface area contributed by atoms with Crippen molar-refractivity contribution in [2.45, 2.75) is 25.4 Å². The second-order valence-corrected chi connectivity index (χ2v) is 6.19. The molecule has 0 bridgehead atoms. The number of benzene rings is 1. The van der Waals surface area contributed by atoms with Crippen molar-refractivity contribution in [2.75, 3.05) is 32.1 Å². The molecule has 1 fully saturated rings. The second-order valence-electron chi connectivity index (χ2n) is 5.27. The maximum absolute atomic E-state index is 5.75. The van der Waals surface area contributed by atoms with Crippen LogP contribution in [0, 0.1) is 0 Å². The van der Waals surface area contributed by atoms with Gasteiger partial charge in [0.1, 0.15) is 0 Å². The zero-order valence-electron chi connectivity index (χ0n) is 11.2. The van der Waals surface area contributed by atoms with E-state index in [4.69, 9.17) is 5.73 Å². The summed E-state index contributed by atoms with van der Waals surface area (Å²) in [6.45, 7) is 2.86. The van der Waals surface area contributed by atoms with Crippen molar-refractivity contribution in [3.63, 3.8) is 0 Å². The number of nitrogens with zero attached hydrogens (tertiary/aromatic N) is 2. The first-order valence-corrected chi connectivity index (χ1v) is 7.30. The van der Waals surface area contributed by atoms with Crippen LogP contribution in [0.3, 0.4) is 0 Å². The van der Waals surface area contributed by atoms with E-state index in [1.54, 1.807) is 0 Å². The van der Waals surface area contributed by atoms with E-state index < -0.39 is 0 Å². The Morgan fingerprint density at radius 1 is 1.39 bits per heavy atom. The van der Waals surface area contributed by atoms with Gasteiger partial charge in [-0.3, -0.25) is 0 Å². The lowest BCUT2D eigenvalue weighted by atomic mass is 10.1. The molecule has 0 radical (unpaired) electrons. The van der Waals surface area contributed by atoms with Crippen LogP contribution in [0.2, 0.25) is 0 Å². The smallest absolute Gasteiger partial charge is 0.0417 e. The Bertz CT molecular complexity index is 406. The van der Waals surface area contributed by atoms with E-state index in [1.165, 1.54) is 24.1 Å². The number of likely N-dealkylation sites (N-methyl/N-ethyl adjacent to an activating group) is 1. The van der Waals surface area contributed by atoms with Crippen LogP contribution >= 0.6 is 15.9 Å². The molecule has 0 spiro atoms. The third-order valence-electron chi connectivity index (χ3n) is 3.46. The Morgan fingerprint density at radius 2 is 2.17 bits per heavy atom. The summed E-state index contributed by atoms with van der Waals surface area (Å²) >= 11 is 3.58. The Balaban J connectivity index is 2.21. The van der Waals surface area contributed by atoms with Crippen LogP contribution in [0.1, 0.15) is 18.4 Å². The van der Waals surface area contributed by atoms with Gasteiger partial charge >= 0.3 is 0 Å². The summed E-state index contributed by atoms with van der Waals surface area (Å²) in [5.74, 6) is 0. The Morgan fingerprint density at radius 3 is 2.83 bits per heavy atom. The van der Waals surface area contributed by atoms with Gasteiger partial charge in [0.2, 0.25) is 0 Å². The monoisotopic (exact) mass is 311 g/mol. The molecular formula is C14H22BrN3. The van der Waals surface area contributed by atoms with E-state index in [9.17, 15) is 0 Å². The van der Waals surface area contributed by atoms with Crippen LogP contribution in [0.15, 0.2) is 22.7 Å². The maximum Gasteiger partial charge on any atom is 0.0417 e. The molecule has 1 atom stereocenters.